The Hall–Kier alpha value is -2.09. The molecule has 0 spiro atoms. The Morgan fingerprint density at radius 1 is 1.19 bits per heavy atom. The SMILES string of the molecule is C=C(/C=C\CC)CC1=C(NC)C2(C)[N+](/C=C/C)=C(C)C(C)=C(/C=C\C)C12C. The van der Waals surface area contributed by atoms with Gasteiger partial charge in [0, 0.05) is 26.5 Å². The van der Waals surface area contributed by atoms with Gasteiger partial charge in [0.1, 0.15) is 0 Å². The Labute approximate surface area is 166 Å². The normalized spacial score (nSPS) is 28.6. The lowest BCUT2D eigenvalue weighted by Crippen LogP contribution is -2.67. The Balaban J connectivity index is 2.76. The van der Waals surface area contributed by atoms with Gasteiger partial charge in [0.25, 0.3) is 0 Å². The van der Waals surface area contributed by atoms with Crippen molar-refractivity contribution in [3.05, 3.63) is 71.1 Å². The number of fused-ring (bicyclic) bond motifs is 1. The largest absolute Gasteiger partial charge is 0.386 e. The fraction of sp³-hybridized carbons (Fsp3) is 0.480. The van der Waals surface area contributed by atoms with E-state index in [1.54, 1.807) is 0 Å². The molecule has 27 heavy (non-hydrogen) atoms. The Bertz CT molecular complexity index is 813. The standard InChI is InChI=1S/C25H37N2/c1-10-13-15-18(4)17-22-23(26-9)25(8)24(22,7)21(14-11-2)19(5)20(6)27(25)16-12-3/h11-16,26H,4,10,17H2,1-3,5-9H3/q+1/b14-11-,15-13-,16-12+. The van der Waals surface area contributed by atoms with E-state index in [1.807, 2.05) is 0 Å². The summed E-state index contributed by atoms with van der Waals surface area (Å²) < 4.78 is 2.45. The highest BCUT2D eigenvalue weighted by molar-refractivity contribution is 5.97. The van der Waals surface area contributed by atoms with Crippen LogP contribution in [0.1, 0.15) is 61.3 Å². The second-order valence-electron chi connectivity index (χ2n) is 7.92. The summed E-state index contributed by atoms with van der Waals surface area (Å²) in [6.45, 7) is 19.9. The van der Waals surface area contributed by atoms with Crippen LogP contribution in [0.4, 0.5) is 0 Å². The molecule has 1 N–H and O–H groups in total. The van der Waals surface area contributed by atoms with Gasteiger partial charge in [-0.25, -0.2) is 0 Å². The minimum absolute atomic E-state index is 0.0655. The van der Waals surface area contributed by atoms with Crippen molar-refractivity contribution in [3.63, 3.8) is 0 Å². The third-order valence-corrected chi connectivity index (χ3v) is 6.57. The number of hydrogen-bond acceptors (Lipinski definition) is 1. The molecule has 0 aromatic carbocycles. The highest BCUT2D eigenvalue weighted by atomic mass is 15.2. The average molecular weight is 366 g/mol. The molecule has 2 heteroatoms. The van der Waals surface area contributed by atoms with Crippen LogP contribution in [0.2, 0.25) is 0 Å². The second kappa shape index (κ2) is 7.88. The second-order valence-corrected chi connectivity index (χ2v) is 7.92. The van der Waals surface area contributed by atoms with Crippen LogP contribution in [0.3, 0.4) is 0 Å². The molecule has 2 aliphatic rings. The fourth-order valence-corrected chi connectivity index (χ4v) is 5.00. The van der Waals surface area contributed by atoms with Gasteiger partial charge in [0.05, 0.1) is 11.1 Å². The number of nitrogens with one attached hydrogen (secondary N) is 1. The molecule has 0 saturated carbocycles. The minimum atomic E-state index is -0.128. The molecule has 0 saturated heterocycles. The van der Waals surface area contributed by atoms with Crippen LogP contribution in [0.25, 0.3) is 0 Å². The van der Waals surface area contributed by atoms with Crippen LogP contribution in [0.15, 0.2) is 71.1 Å². The van der Waals surface area contributed by atoms with Crippen molar-refractivity contribution in [2.45, 2.75) is 66.8 Å². The Morgan fingerprint density at radius 2 is 1.85 bits per heavy atom. The van der Waals surface area contributed by atoms with Gasteiger partial charge < -0.3 is 5.32 Å². The van der Waals surface area contributed by atoms with Crippen LogP contribution in [-0.4, -0.2) is 22.9 Å². The molecule has 1 heterocycles. The average Bonchev–Trinajstić information content (AvgIpc) is 2.65. The maximum absolute atomic E-state index is 4.32. The Kier molecular flexibility index (Phi) is 6.19. The zero-order chi connectivity index (χ0) is 20.4. The van der Waals surface area contributed by atoms with E-state index in [2.05, 4.69) is 109 Å². The molecule has 146 valence electrons. The zero-order valence-electron chi connectivity index (χ0n) is 18.5. The Morgan fingerprint density at radius 3 is 2.37 bits per heavy atom. The predicted molar refractivity (Wildman–Crippen MR) is 119 cm³/mol. The monoisotopic (exact) mass is 365 g/mol. The van der Waals surface area contributed by atoms with Crippen LogP contribution in [0, 0.1) is 5.41 Å². The van der Waals surface area contributed by atoms with Crippen molar-refractivity contribution in [1.29, 1.82) is 0 Å². The summed E-state index contributed by atoms with van der Waals surface area (Å²) in [7, 11) is 2.05. The van der Waals surface area contributed by atoms with E-state index in [4.69, 9.17) is 0 Å². The lowest BCUT2D eigenvalue weighted by atomic mass is 9.48. The van der Waals surface area contributed by atoms with Gasteiger partial charge in [0.2, 0.25) is 5.54 Å². The first kappa shape index (κ1) is 21.2. The van der Waals surface area contributed by atoms with Crippen molar-refractivity contribution in [2.24, 2.45) is 5.41 Å². The van der Waals surface area contributed by atoms with Crippen LogP contribution in [-0.2, 0) is 0 Å². The van der Waals surface area contributed by atoms with Gasteiger partial charge in [-0.3, -0.25) is 0 Å². The molecule has 0 amide bonds. The number of rotatable bonds is 7. The molecule has 2 unspecified atom stereocenters. The molecule has 2 atom stereocenters. The van der Waals surface area contributed by atoms with E-state index in [9.17, 15) is 0 Å². The minimum Gasteiger partial charge on any atom is -0.386 e. The molecule has 2 nitrogen and oxygen atoms in total. The van der Waals surface area contributed by atoms with Crippen LogP contribution < -0.4 is 5.32 Å². The molecular weight excluding hydrogens is 328 g/mol. The molecular formula is C25H37N2+. The highest BCUT2D eigenvalue weighted by Crippen LogP contribution is 2.63. The van der Waals surface area contributed by atoms with Gasteiger partial charge in [0.15, 0.2) is 11.9 Å². The maximum Gasteiger partial charge on any atom is 0.217 e. The number of allylic oxidation sites excluding steroid dienone is 7. The lowest BCUT2D eigenvalue weighted by Gasteiger charge is -2.57. The molecule has 1 aliphatic carbocycles. The first-order valence-electron chi connectivity index (χ1n) is 10.1. The summed E-state index contributed by atoms with van der Waals surface area (Å²) >= 11 is 0. The summed E-state index contributed by atoms with van der Waals surface area (Å²) in [6, 6.07) is 0. The molecule has 2 rings (SSSR count). The third kappa shape index (κ3) is 2.90. The van der Waals surface area contributed by atoms with Crippen molar-refractivity contribution < 1.29 is 4.58 Å². The van der Waals surface area contributed by atoms with E-state index >= 15 is 0 Å². The maximum atomic E-state index is 4.32. The van der Waals surface area contributed by atoms with Gasteiger partial charge >= 0.3 is 0 Å². The summed E-state index contributed by atoms with van der Waals surface area (Å²) in [5.74, 6) is 0. The quantitative estimate of drug-likeness (QED) is 0.428. The number of hydrogen-bond donors (Lipinski definition) is 1. The molecule has 0 aromatic heterocycles. The zero-order valence-corrected chi connectivity index (χ0v) is 18.5. The van der Waals surface area contributed by atoms with Crippen molar-refractivity contribution in [3.8, 4) is 0 Å². The van der Waals surface area contributed by atoms with Crippen molar-refractivity contribution >= 4 is 5.71 Å². The van der Waals surface area contributed by atoms with E-state index in [0.29, 0.717) is 0 Å². The topological polar surface area (TPSA) is 15.0 Å². The smallest absolute Gasteiger partial charge is 0.217 e. The van der Waals surface area contributed by atoms with E-state index in [0.717, 1.165) is 12.8 Å². The number of nitrogens with zero attached hydrogens (tertiary/aromatic N) is 1. The summed E-state index contributed by atoms with van der Waals surface area (Å²) in [5.41, 5.74) is 7.86. The molecule has 0 aromatic rings. The highest BCUT2D eigenvalue weighted by Gasteiger charge is 2.69. The predicted octanol–water partition coefficient (Wildman–Crippen LogP) is 6.06. The summed E-state index contributed by atoms with van der Waals surface area (Å²) in [4.78, 5) is 0. The summed E-state index contributed by atoms with van der Waals surface area (Å²) in [6.07, 6.45) is 15.1. The van der Waals surface area contributed by atoms with Gasteiger partial charge in [-0.15, -0.1) is 0 Å². The first-order valence-corrected chi connectivity index (χ1v) is 10.1. The molecule has 0 radical (unpaired) electrons. The van der Waals surface area contributed by atoms with Crippen LogP contribution in [0.5, 0.6) is 0 Å². The van der Waals surface area contributed by atoms with E-state index in [-0.39, 0.29) is 11.0 Å². The van der Waals surface area contributed by atoms with Gasteiger partial charge in [-0.2, -0.15) is 4.58 Å². The first-order chi connectivity index (χ1) is 12.7. The molecule has 1 aliphatic heterocycles. The van der Waals surface area contributed by atoms with E-state index < -0.39 is 0 Å². The summed E-state index contributed by atoms with van der Waals surface area (Å²) in [5, 5.41) is 3.54. The van der Waals surface area contributed by atoms with Gasteiger partial charge in [-0.1, -0.05) is 43.4 Å². The van der Waals surface area contributed by atoms with E-state index in [1.165, 1.54) is 33.7 Å². The van der Waals surface area contributed by atoms with Gasteiger partial charge in [-0.05, 0) is 57.8 Å². The van der Waals surface area contributed by atoms with Crippen molar-refractivity contribution in [2.75, 3.05) is 7.05 Å². The third-order valence-electron chi connectivity index (χ3n) is 6.57. The van der Waals surface area contributed by atoms with Crippen LogP contribution >= 0.6 is 0 Å². The fourth-order valence-electron chi connectivity index (χ4n) is 5.00. The molecule has 0 fully saturated rings. The number of likely N-dealkylation sites (N-methyl/N-ethyl adjacent to an activating group) is 1. The molecule has 0 bridgehead atoms. The van der Waals surface area contributed by atoms with Crippen molar-refractivity contribution in [1.82, 2.24) is 5.32 Å². The lowest BCUT2D eigenvalue weighted by molar-refractivity contribution is -0.560.